The quantitative estimate of drug-likeness (QED) is 0.822. The van der Waals surface area contributed by atoms with Gasteiger partial charge in [-0.15, -0.1) is 0 Å². The van der Waals surface area contributed by atoms with Crippen molar-refractivity contribution < 1.29 is 9.52 Å². The minimum Gasteiger partial charge on any atom is -0.467 e. The van der Waals surface area contributed by atoms with Crippen molar-refractivity contribution in [2.24, 2.45) is 0 Å². The molecule has 1 aromatic carbocycles. The Kier molecular flexibility index (Phi) is 5.63. The summed E-state index contributed by atoms with van der Waals surface area (Å²) in [6, 6.07) is 12.5. The van der Waals surface area contributed by atoms with Gasteiger partial charge in [0.1, 0.15) is 11.9 Å². The molecule has 2 rings (SSSR count). The van der Waals surface area contributed by atoms with E-state index >= 15 is 0 Å². The Labute approximate surface area is 132 Å². The molecular formula is C18H26N2O2. The average molecular weight is 302 g/mol. The zero-order valence-electron chi connectivity index (χ0n) is 13.8. The maximum atomic E-state index is 10.1. The molecule has 0 saturated heterocycles. The molecule has 3 unspecified atom stereocenters. The number of furan rings is 1. The van der Waals surface area contributed by atoms with Crippen LogP contribution in [0.15, 0.2) is 47.1 Å². The van der Waals surface area contributed by atoms with E-state index in [0.29, 0.717) is 12.2 Å². The molecule has 0 aliphatic rings. The van der Waals surface area contributed by atoms with Crippen molar-refractivity contribution in [3.8, 4) is 0 Å². The summed E-state index contributed by atoms with van der Waals surface area (Å²) in [7, 11) is 4.07. The Morgan fingerprint density at radius 2 is 1.82 bits per heavy atom. The fourth-order valence-corrected chi connectivity index (χ4v) is 2.58. The predicted molar refractivity (Wildman–Crippen MR) is 90.1 cm³/mol. The number of aliphatic hydroxyl groups excluding tert-OH is 1. The van der Waals surface area contributed by atoms with Gasteiger partial charge in [-0.05, 0) is 50.1 Å². The van der Waals surface area contributed by atoms with Crippen LogP contribution in [0.4, 0.5) is 5.69 Å². The molecule has 4 nitrogen and oxygen atoms in total. The van der Waals surface area contributed by atoms with Gasteiger partial charge in [-0.25, -0.2) is 0 Å². The highest BCUT2D eigenvalue weighted by Gasteiger charge is 2.16. The zero-order chi connectivity index (χ0) is 16.1. The Morgan fingerprint density at radius 1 is 1.14 bits per heavy atom. The molecule has 22 heavy (non-hydrogen) atoms. The van der Waals surface area contributed by atoms with Crippen LogP contribution < -0.4 is 10.2 Å². The van der Waals surface area contributed by atoms with E-state index in [-0.39, 0.29) is 12.1 Å². The summed E-state index contributed by atoms with van der Waals surface area (Å²) in [6.45, 7) is 4.22. The second-order valence-corrected chi connectivity index (χ2v) is 6.04. The standard InChI is InChI=1S/C18H26N2O2/c1-13(12-17(21)18-6-5-11-22-18)19-14(2)15-7-9-16(10-8-15)20(3)4/h5-11,13-14,17,19,21H,12H2,1-4H3. The van der Waals surface area contributed by atoms with E-state index in [1.807, 2.05) is 14.1 Å². The largest absolute Gasteiger partial charge is 0.467 e. The lowest BCUT2D eigenvalue weighted by Crippen LogP contribution is -2.30. The molecule has 0 amide bonds. The van der Waals surface area contributed by atoms with Gasteiger partial charge in [0.25, 0.3) is 0 Å². The van der Waals surface area contributed by atoms with Gasteiger partial charge in [0.05, 0.1) is 6.26 Å². The van der Waals surface area contributed by atoms with E-state index in [0.717, 1.165) is 0 Å². The van der Waals surface area contributed by atoms with Gasteiger partial charge in [-0.1, -0.05) is 12.1 Å². The molecule has 0 spiro atoms. The lowest BCUT2D eigenvalue weighted by Gasteiger charge is -2.22. The van der Waals surface area contributed by atoms with E-state index in [1.165, 1.54) is 11.3 Å². The third-order valence-corrected chi connectivity index (χ3v) is 3.89. The molecule has 1 heterocycles. The van der Waals surface area contributed by atoms with Crippen molar-refractivity contribution in [1.29, 1.82) is 0 Å². The molecule has 0 saturated carbocycles. The Bertz CT molecular complexity index is 549. The summed E-state index contributed by atoms with van der Waals surface area (Å²) < 4.78 is 5.24. The smallest absolute Gasteiger partial charge is 0.132 e. The first-order chi connectivity index (χ1) is 10.5. The molecule has 4 heteroatoms. The van der Waals surface area contributed by atoms with Crippen LogP contribution >= 0.6 is 0 Å². The lowest BCUT2D eigenvalue weighted by molar-refractivity contribution is 0.127. The Hall–Kier alpha value is -1.78. The summed E-state index contributed by atoms with van der Waals surface area (Å²) in [5, 5.41) is 13.6. The molecule has 1 aromatic heterocycles. The highest BCUT2D eigenvalue weighted by molar-refractivity contribution is 5.46. The van der Waals surface area contributed by atoms with E-state index < -0.39 is 6.10 Å². The molecular weight excluding hydrogens is 276 g/mol. The van der Waals surface area contributed by atoms with Crippen LogP contribution in [0.1, 0.15) is 43.7 Å². The van der Waals surface area contributed by atoms with Crippen molar-refractivity contribution in [2.75, 3.05) is 19.0 Å². The first kappa shape index (κ1) is 16.6. The van der Waals surface area contributed by atoms with Crippen molar-refractivity contribution in [3.63, 3.8) is 0 Å². The lowest BCUT2D eigenvalue weighted by atomic mass is 10.0. The maximum absolute atomic E-state index is 10.1. The third-order valence-electron chi connectivity index (χ3n) is 3.89. The number of nitrogens with zero attached hydrogens (tertiary/aromatic N) is 1. The van der Waals surface area contributed by atoms with E-state index in [4.69, 9.17) is 4.42 Å². The molecule has 2 aromatic rings. The van der Waals surface area contributed by atoms with Gasteiger partial charge in [0.15, 0.2) is 0 Å². The fraction of sp³-hybridized carbons (Fsp3) is 0.444. The molecule has 120 valence electrons. The van der Waals surface area contributed by atoms with E-state index in [2.05, 4.69) is 48.3 Å². The van der Waals surface area contributed by atoms with Crippen molar-refractivity contribution in [1.82, 2.24) is 5.32 Å². The number of nitrogens with one attached hydrogen (secondary N) is 1. The molecule has 0 fully saturated rings. The van der Waals surface area contributed by atoms with Gasteiger partial charge in [0.2, 0.25) is 0 Å². The summed E-state index contributed by atoms with van der Waals surface area (Å²) >= 11 is 0. The van der Waals surface area contributed by atoms with Crippen LogP contribution in [0.2, 0.25) is 0 Å². The monoisotopic (exact) mass is 302 g/mol. The van der Waals surface area contributed by atoms with Crippen molar-refractivity contribution in [3.05, 3.63) is 54.0 Å². The normalized spacial score (nSPS) is 15.3. The predicted octanol–water partition coefficient (Wildman–Crippen LogP) is 3.51. The fourth-order valence-electron chi connectivity index (χ4n) is 2.58. The SMILES string of the molecule is CC(CC(O)c1ccco1)NC(C)c1ccc(N(C)C)cc1. The molecule has 3 atom stereocenters. The van der Waals surface area contributed by atoms with Crippen LogP contribution in [0.25, 0.3) is 0 Å². The second-order valence-electron chi connectivity index (χ2n) is 6.04. The molecule has 0 radical (unpaired) electrons. The van der Waals surface area contributed by atoms with Crippen LogP contribution in [0.5, 0.6) is 0 Å². The highest BCUT2D eigenvalue weighted by atomic mass is 16.4. The molecule has 0 aliphatic heterocycles. The van der Waals surface area contributed by atoms with Crippen LogP contribution in [0, 0.1) is 0 Å². The molecule has 0 bridgehead atoms. The molecule has 0 aliphatic carbocycles. The Morgan fingerprint density at radius 3 is 2.36 bits per heavy atom. The summed E-state index contributed by atoms with van der Waals surface area (Å²) in [6.07, 6.45) is 1.64. The first-order valence-electron chi connectivity index (χ1n) is 7.72. The van der Waals surface area contributed by atoms with Gasteiger partial charge < -0.3 is 19.7 Å². The molecule has 2 N–H and O–H groups in total. The van der Waals surface area contributed by atoms with E-state index in [1.54, 1.807) is 18.4 Å². The first-order valence-corrected chi connectivity index (χ1v) is 7.72. The zero-order valence-corrected chi connectivity index (χ0v) is 13.8. The Balaban J connectivity index is 1.89. The third kappa shape index (κ3) is 4.36. The van der Waals surface area contributed by atoms with Gasteiger partial charge in [-0.3, -0.25) is 0 Å². The number of anilines is 1. The van der Waals surface area contributed by atoms with E-state index in [9.17, 15) is 5.11 Å². The number of aliphatic hydroxyl groups is 1. The van der Waals surface area contributed by atoms with Crippen molar-refractivity contribution in [2.45, 2.75) is 38.5 Å². The summed E-state index contributed by atoms with van der Waals surface area (Å²) in [5.74, 6) is 0.622. The number of hydrogen-bond donors (Lipinski definition) is 2. The van der Waals surface area contributed by atoms with Gasteiger partial charge in [0, 0.05) is 31.9 Å². The minimum atomic E-state index is -0.569. The topological polar surface area (TPSA) is 48.6 Å². The summed E-state index contributed by atoms with van der Waals surface area (Å²) in [5.41, 5.74) is 2.43. The number of hydrogen-bond acceptors (Lipinski definition) is 4. The number of benzene rings is 1. The number of rotatable bonds is 7. The maximum Gasteiger partial charge on any atom is 0.132 e. The van der Waals surface area contributed by atoms with Gasteiger partial charge in [-0.2, -0.15) is 0 Å². The van der Waals surface area contributed by atoms with Gasteiger partial charge >= 0.3 is 0 Å². The minimum absolute atomic E-state index is 0.184. The highest BCUT2D eigenvalue weighted by Crippen LogP contribution is 2.22. The second kappa shape index (κ2) is 7.47. The van der Waals surface area contributed by atoms with Crippen LogP contribution in [0.3, 0.4) is 0 Å². The van der Waals surface area contributed by atoms with Crippen LogP contribution in [-0.4, -0.2) is 25.2 Å². The van der Waals surface area contributed by atoms with Crippen LogP contribution in [-0.2, 0) is 0 Å². The van der Waals surface area contributed by atoms with Crippen molar-refractivity contribution >= 4 is 5.69 Å². The average Bonchev–Trinajstić information content (AvgIpc) is 3.01. The summed E-state index contributed by atoms with van der Waals surface area (Å²) in [4.78, 5) is 2.09.